The smallest absolute Gasteiger partial charge is 0.180 e. The van der Waals surface area contributed by atoms with Gasteiger partial charge in [0.05, 0.1) is 12.8 Å². The van der Waals surface area contributed by atoms with Gasteiger partial charge in [-0.2, -0.15) is 0 Å². The van der Waals surface area contributed by atoms with Gasteiger partial charge in [-0.15, -0.1) is 11.3 Å². The van der Waals surface area contributed by atoms with E-state index in [1.807, 2.05) is 19.2 Å². The number of hydrogen-bond acceptors (Lipinski definition) is 5. The van der Waals surface area contributed by atoms with Crippen molar-refractivity contribution in [3.05, 3.63) is 40.4 Å². The summed E-state index contributed by atoms with van der Waals surface area (Å²) in [6.45, 7) is 0. The lowest BCUT2D eigenvalue weighted by Gasteiger charge is -2.37. The molecular formula is C15H19N3OS. The molecule has 2 aromatic rings. The van der Waals surface area contributed by atoms with Crippen molar-refractivity contribution in [1.29, 1.82) is 0 Å². The minimum Gasteiger partial charge on any atom is -0.497 e. The van der Waals surface area contributed by atoms with Gasteiger partial charge in [0.1, 0.15) is 5.75 Å². The van der Waals surface area contributed by atoms with Crippen LogP contribution in [0.15, 0.2) is 24.3 Å². The van der Waals surface area contributed by atoms with Crippen LogP contribution in [0.1, 0.15) is 22.6 Å². The van der Waals surface area contributed by atoms with E-state index in [9.17, 15) is 0 Å². The van der Waals surface area contributed by atoms with E-state index in [1.165, 1.54) is 16.1 Å². The summed E-state index contributed by atoms with van der Waals surface area (Å²) in [7, 11) is 3.73. The third kappa shape index (κ3) is 2.17. The van der Waals surface area contributed by atoms with E-state index in [0.29, 0.717) is 5.13 Å². The van der Waals surface area contributed by atoms with Gasteiger partial charge in [0.25, 0.3) is 0 Å². The number of methoxy groups -OCH3 is 1. The van der Waals surface area contributed by atoms with Crippen molar-refractivity contribution in [2.45, 2.75) is 24.8 Å². The molecular weight excluding hydrogens is 270 g/mol. The fourth-order valence-electron chi connectivity index (χ4n) is 2.96. The van der Waals surface area contributed by atoms with Crippen LogP contribution in [-0.2, 0) is 18.4 Å². The molecule has 20 heavy (non-hydrogen) atoms. The van der Waals surface area contributed by atoms with E-state index in [2.05, 4.69) is 22.4 Å². The molecule has 1 atom stereocenters. The number of aryl methyl sites for hydroxylation is 1. The Balaban J connectivity index is 2.00. The molecule has 5 heteroatoms. The lowest BCUT2D eigenvalue weighted by molar-refractivity contribution is 0.314. The predicted molar refractivity (Wildman–Crippen MR) is 82.3 cm³/mol. The van der Waals surface area contributed by atoms with Crippen LogP contribution >= 0.6 is 11.3 Å². The summed E-state index contributed by atoms with van der Waals surface area (Å²) < 4.78 is 5.35. The quantitative estimate of drug-likeness (QED) is 0.910. The molecule has 1 aromatic heterocycles. The number of nitrogens with one attached hydrogen (secondary N) is 1. The fourth-order valence-corrected chi connectivity index (χ4v) is 3.95. The van der Waals surface area contributed by atoms with Gasteiger partial charge in [-0.25, -0.2) is 4.98 Å². The molecule has 1 heterocycles. The molecule has 3 rings (SSSR count). The Morgan fingerprint density at radius 3 is 3.05 bits per heavy atom. The van der Waals surface area contributed by atoms with Gasteiger partial charge in [0, 0.05) is 16.8 Å². The number of likely N-dealkylation sites (N-methyl/N-ethyl adjacent to an activating group) is 1. The van der Waals surface area contributed by atoms with Crippen LogP contribution in [0.5, 0.6) is 5.75 Å². The third-order valence-corrected chi connectivity index (χ3v) is 5.07. The third-order valence-electron chi connectivity index (χ3n) is 4.15. The zero-order valence-electron chi connectivity index (χ0n) is 11.8. The number of nitrogens with two attached hydrogens (primary N) is 1. The van der Waals surface area contributed by atoms with E-state index < -0.39 is 0 Å². The van der Waals surface area contributed by atoms with E-state index in [1.54, 1.807) is 18.4 Å². The SMILES string of the molecule is CN[C@]1(c2cccc(OC)c2)CCc2nc(N)sc2C1. The topological polar surface area (TPSA) is 60.2 Å². The van der Waals surface area contributed by atoms with Crippen molar-refractivity contribution < 1.29 is 4.74 Å². The van der Waals surface area contributed by atoms with Gasteiger partial charge in [-0.1, -0.05) is 12.1 Å². The number of fused-ring (bicyclic) bond motifs is 1. The Morgan fingerprint density at radius 2 is 2.30 bits per heavy atom. The largest absolute Gasteiger partial charge is 0.497 e. The molecule has 0 saturated carbocycles. The number of rotatable bonds is 3. The van der Waals surface area contributed by atoms with Crippen LogP contribution in [0.3, 0.4) is 0 Å². The average Bonchev–Trinajstić information content (AvgIpc) is 2.86. The van der Waals surface area contributed by atoms with Crippen molar-refractivity contribution in [3.8, 4) is 5.75 Å². The van der Waals surface area contributed by atoms with Crippen molar-refractivity contribution in [2.24, 2.45) is 0 Å². The second kappa shape index (κ2) is 5.07. The highest BCUT2D eigenvalue weighted by atomic mass is 32.1. The first kappa shape index (κ1) is 13.4. The maximum atomic E-state index is 5.84. The van der Waals surface area contributed by atoms with Gasteiger partial charge in [0.2, 0.25) is 0 Å². The average molecular weight is 289 g/mol. The first-order valence-corrected chi connectivity index (χ1v) is 7.56. The molecule has 1 aliphatic carbocycles. The molecule has 0 bridgehead atoms. The highest BCUT2D eigenvalue weighted by Gasteiger charge is 2.36. The van der Waals surface area contributed by atoms with Crippen molar-refractivity contribution in [1.82, 2.24) is 10.3 Å². The molecule has 0 radical (unpaired) electrons. The summed E-state index contributed by atoms with van der Waals surface area (Å²) in [5.41, 5.74) is 8.21. The van der Waals surface area contributed by atoms with Crippen LogP contribution in [0.2, 0.25) is 0 Å². The van der Waals surface area contributed by atoms with E-state index >= 15 is 0 Å². The molecule has 0 aliphatic heterocycles. The van der Waals surface area contributed by atoms with Crippen molar-refractivity contribution in [3.63, 3.8) is 0 Å². The van der Waals surface area contributed by atoms with E-state index in [4.69, 9.17) is 10.5 Å². The first-order valence-electron chi connectivity index (χ1n) is 6.74. The highest BCUT2D eigenvalue weighted by molar-refractivity contribution is 7.15. The second-order valence-corrected chi connectivity index (χ2v) is 6.28. The monoisotopic (exact) mass is 289 g/mol. The van der Waals surface area contributed by atoms with Crippen molar-refractivity contribution in [2.75, 3.05) is 19.9 Å². The van der Waals surface area contributed by atoms with Gasteiger partial charge < -0.3 is 15.8 Å². The Labute approximate surface area is 123 Å². The van der Waals surface area contributed by atoms with Crippen molar-refractivity contribution >= 4 is 16.5 Å². The highest BCUT2D eigenvalue weighted by Crippen LogP contribution is 2.39. The van der Waals surface area contributed by atoms with Gasteiger partial charge >= 0.3 is 0 Å². The Hall–Kier alpha value is -1.59. The van der Waals surface area contributed by atoms with Gasteiger partial charge in [-0.05, 0) is 37.6 Å². The van der Waals surface area contributed by atoms with Gasteiger partial charge in [0.15, 0.2) is 5.13 Å². The molecule has 106 valence electrons. The lowest BCUT2D eigenvalue weighted by atomic mass is 9.78. The summed E-state index contributed by atoms with van der Waals surface area (Å²) in [6, 6.07) is 8.30. The number of hydrogen-bond donors (Lipinski definition) is 2. The van der Waals surface area contributed by atoms with Gasteiger partial charge in [-0.3, -0.25) is 0 Å². The lowest BCUT2D eigenvalue weighted by Crippen LogP contribution is -2.44. The van der Waals surface area contributed by atoms with Crippen LogP contribution in [0, 0.1) is 0 Å². The zero-order valence-corrected chi connectivity index (χ0v) is 12.6. The predicted octanol–water partition coefficient (Wildman–Crippen LogP) is 2.34. The number of aromatic nitrogens is 1. The van der Waals surface area contributed by atoms with E-state index in [-0.39, 0.29) is 5.54 Å². The molecule has 0 amide bonds. The molecule has 4 nitrogen and oxygen atoms in total. The van der Waals surface area contributed by atoms with Crippen LogP contribution in [-0.4, -0.2) is 19.1 Å². The summed E-state index contributed by atoms with van der Waals surface area (Å²) in [5, 5.41) is 4.19. The summed E-state index contributed by atoms with van der Waals surface area (Å²) in [6.07, 6.45) is 2.91. The number of ether oxygens (including phenoxy) is 1. The number of anilines is 1. The number of thiazole rings is 1. The number of nitrogen functional groups attached to an aromatic ring is 1. The molecule has 0 unspecified atom stereocenters. The molecule has 0 spiro atoms. The Morgan fingerprint density at radius 1 is 1.45 bits per heavy atom. The molecule has 1 aliphatic rings. The first-order chi connectivity index (χ1) is 9.66. The maximum absolute atomic E-state index is 5.84. The van der Waals surface area contributed by atoms with Crippen LogP contribution in [0.25, 0.3) is 0 Å². The summed E-state index contributed by atoms with van der Waals surface area (Å²) >= 11 is 1.61. The maximum Gasteiger partial charge on any atom is 0.180 e. The second-order valence-electron chi connectivity index (χ2n) is 5.16. The Bertz CT molecular complexity index is 625. The minimum absolute atomic E-state index is 0.0550. The summed E-state index contributed by atoms with van der Waals surface area (Å²) in [4.78, 5) is 5.72. The molecule has 0 fully saturated rings. The minimum atomic E-state index is -0.0550. The number of nitrogens with zero attached hydrogens (tertiary/aromatic N) is 1. The molecule has 0 saturated heterocycles. The normalized spacial score (nSPS) is 21.5. The van der Waals surface area contributed by atoms with Crippen LogP contribution in [0.4, 0.5) is 5.13 Å². The summed E-state index contributed by atoms with van der Waals surface area (Å²) in [5.74, 6) is 0.895. The fraction of sp³-hybridized carbons (Fsp3) is 0.400. The molecule has 3 N–H and O–H groups in total. The molecule has 1 aromatic carbocycles. The Kier molecular flexibility index (Phi) is 3.40. The zero-order chi connectivity index (χ0) is 14.2. The number of benzene rings is 1. The standard InChI is InChI=1S/C15H19N3OS/c1-17-15(10-4-3-5-11(8-10)19-2)7-6-12-13(9-15)20-14(16)18-12/h3-5,8,17H,6-7,9H2,1-2H3,(H2,16,18)/t15-/m1/s1. The van der Waals surface area contributed by atoms with Crippen LogP contribution < -0.4 is 15.8 Å². The van der Waals surface area contributed by atoms with E-state index in [0.717, 1.165) is 25.0 Å².